The summed E-state index contributed by atoms with van der Waals surface area (Å²) in [6.45, 7) is 1.76. The zero-order valence-electron chi connectivity index (χ0n) is 8.25. The predicted octanol–water partition coefficient (Wildman–Crippen LogP) is -0.927. The molecular formula is C10H14O4-2. The summed E-state index contributed by atoms with van der Waals surface area (Å²) in [6, 6.07) is 0. The van der Waals surface area contributed by atoms with Gasteiger partial charge in [0.1, 0.15) is 0 Å². The van der Waals surface area contributed by atoms with Crippen LogP contribution < -0.4 is 10.2 Å². The molecule has 0 aromatic carbocycles. The number of hydrogen-bond acceptors (Lipinski definition) is 4. The molecule has 1 saturated carbocycles. The molecule has 1 aliphatic rings. The van der Waals surface area contributed by atoms with E-state index in [1.165, 1.54) is 0 Å². The van der Waals surface area contributed by atoms with Crippen molar-refractivity contribution in [1.82, 2.24) is 0 Å². The SMILES string of the molecule is CCC1(C(=O)[O-])CCCC(C(=O)[O-])C1. The Kier molecular flexibility index (Phi) is 3.13. The maximum absolute atomic E-state index is 11.0. The molecule has 2 unspecified atom stereocenters. The normalized spacial score (nSPS) is 32.5. The molecule has 0 spiro atoms. The molecule has 0 aromatic rings. The van der Waals surface area contributed by atoms with Crippen LogP contribution in [0.25, 0.3) is 0 Å². The van der Waals surface area contributed by atoms with Gasteiger partial charge >= 0.3 is 0 Å². The van der Waals surface area contributed by atoms with Gasteiger partial charge in [-0.3, -0.25) is 0 Å². The zero-order chi connectivity index (χ0) is 10.8. The lowest BCUT2D eigenvalue weighted by atomic mass is 9.68. The van der Waals surface area contributed by atoms with E-state index in [9.17, 15) is 19.8 Å². The monoisotopic (exact) mass is 198 g/mol. The van der Waals surface area contributed by atoms with E-state index in [4.69, 9.17) is 0 Å². The Morgan fingerprint density at radius 2 is 2.07 bits per heavy atom. The van der Waals surface area contributed by atoms with Crippen molar-refractivity contribution >= 4 is 11.9 Å². The number of carboxylic acid groups (broad SMARTS) is 2. The second kappa shape index (κ2) is 3.98. The third-order valence-corrected chi connectivity index (χ3v) is 3.29. The van der Waals surface area contributed by atoms with Gasteiger partial charge in [-0.1, -0.05) is 13.3 Å². The summed E-state index contributed by atoms with van der Waals surface area (Å²) in [5.41, 5.74) is -0.941. The molecule has 4 nitrogen and oxygen atoms in total. The molecule has 1 aliphatic carbocycles. The molecule has 0 bridgehead atoms. The van der Waals surface area contributed by atoms with E-state index in [2.05, 4.69) is 0 Å². The van der Waals surface area contributed by atoms with Gasteiger partial charge in [0.25, 0.3) is 0 Å². The van der Waals surface area contributed by atoms with E-state index in [1.54, 1.807) is 6.92 Å². The molecule has 0 saturated heterocycles. The summed E-state index contributed by atoms with van der Waals surface area (Å²) < 4.78 is 0. The quantitative estimate of drug-likeness (QED) is 0.587. The number of carbonyl (C=O) groups excluding carboxylic acids is 2. The summed E-state index contributed by atoms with van der Waals surface area (Å²) in [5, 5.41) is 21.6. The van der Waals surface area contributed by atoms with Crippen LogP contribution in [0.5, 0.6) is 0 Å². The average Bonchev–Trinajstić information content (AvgIpc) is 2.17. The van der Waals surface area contributed by atoms with Gasteiger partial charge < -0.3 is 19.8 Å². The van der Waals surface area contributed by atoms with Crippen molar-refractivity contribution < 1.29 is 19.8 Å². The molecule has 1 rings (SSSR count). The van der Waals surface area contributed by atoms with Gasteiger partial charge in [-0.05, 0) is 31.6 Å². The molecule has 14 heavy (non-hydrogen) atoms. The van der Waals surface area contributed by atoms with Gasteiger partial charge in [-0.25, -0.2) is 0 Å². The minimum absolute atomic E-state index is 0.161. The predicted molar refractivity (Wildman–Crippen MR) is 44.7 cm³/mol. The van der Waals surface area contributed by atoms with Crippen molar-refractivity contribution in [3.8, 4) is 0 Å². The second-order valence-electron chi connectivity index (χ2n) is 4.03. The van der Waals surface area contributed by atoms with Crippen molar-refractivity contribution in [2.45, 2.75) is 39.0 Å². The van der Waals surface area contributed by atoms with E-state index < -0.39 is 23.3 Å². The van der Waals surface area contributed by atoms with Crippen molar-refractivity contribution in [3.05, 3.63) is 0 Å². The highest BCUT2D eigenvalue weighted by Crippen LogP contribution is 2.41. The van der Waals surface area contributed by atoms with Crippen molar-refractivity contribution in [2.24, 2.45) is 11.3 Å². The number of hydrogen-bond donors (Lipinski definition) is 0. The van der Waals surface area contributed by atoms with Crippen molar-refractivity contribution in [2.75, 3.05) is 0 Å². The van der Waals surface area contributed by atoms with E-state index in [1.807, 2.05) is 0 Å². The van der Waals surface area contributed by atoms with E-state index in [-0.39, 0.29) is 6.42 Å². The van der Waals surface area contributed by atoms with Crippen LogP contribution in [0, 0.1) is 11.3 Å². The molecule has 0 radical (unpaired) electrons. The highest BCUT2D eigenvalue weighted by molar-refractivity contribution is 5.75. The number of carboxylic acids is 2. The van der Waals surface area contributed by atoms with Crippen LogP contribution in [-0.2, 0) is 9.59 Å². The molecule has 80 valence electrons. The van der Waals surface area contributed by atoms with Crippen LogP contribution in [0.1, 0.15) is 39.0 Å². The van der Waals surface area contributed by atoms with Gasteiger partial charge in [0, 0.05) is 17.4 Å². The van der Waals surface area contributed by atoms with Crippen molar-refractivity contribution in [3.63, 3.8) is 0 Å². The largest absolute Gasteiger partial charge is 0.550 e. The van der Waals surface area contributed by atoms with Crippen LogP contribution in [0.3, 0.4) is 0 Å². The second-order valence-corrected chi connectivity index (χ2v) is 4.03. The van der Waals surface area contributed by atoms with Gasteiger partial charge in [0.2, 0.25) is 0 Å². The molecule has 0 aliphatic heterocycles. The average molecular weight is 198 g/mol. The van der Waals surface area contributed by atoms with Crippen LogP contribution in [0.15, 0.2) is 0 Å². The molecule has 2 atom stereocenters. The van der Waals surface area contributed by atoms with Gasteiger partial charge in [-0.15, -0.1) is 0 Å². The zero-order valence-corrected chi connectivity index (χ0v) is 8.25. The molecular weight excluding hydrogens is 184 g/mol. The van der Waals surface area contributed by atoms with E-state index in [0.29, 0.717) is 25.7 Å². The molecule has 1 fully saturated rings. The van der Waals surface area contributed by atoms with Crippen LogP contribution >= 0.6 is 0 Å². The fourth-order valence-electron chi connectivity index (χ4n) is 2.21. The first-order valence-electron chi connectivity index (χ1n) is 4.94. The standard InChI is InChI=1S/C10H16O4/c1-2-10(9(13)14)5-3-4-7(6-10)8(11)12/h7H,2-6H2,1H3,(H,11,12)(H,13,14)/p-2. The fourth-order valence-corrected chi connectivity index (χ4v) is 2.21. The third kappa shape index (κ3) is 1.89. The lowest BCUT2D eigenvalue weighted by Crippen LogP contribution is -2.47. The summed E-state index contributed by atoms with van der Waals surface area (Å²) in [6.07, 6.45) is 2.26. The molecule has 0 heterocycles. The molecule has 0 N–H and O–H groups in total. The summed E-state index contributed by atoms with van der Waals surface area (Å²) in [7, 11) is 0. The first-order valence-corrected chi connectivity index (χ1v) is 4.94. The lowest BCUT2D eigenvalue weighted by Gasteiger charge is -2.41. The summed E-state index contributed by atoms with van der Waals surface area (Å²) in [5.74, 6) is -2.88. The van der Waals surface area contributed by atoms with Gasteiger partial charge in [0.05, 0.1) is 0 Å². The van der Waals surface area contributed by atoms with Crippen LogP contribution in [0.4, 0.5) is 0 Å². The van der Waals surface area contributed by atoms with Crippen molar-refractivity contribution in [1.29, 1.82) is 0 Å². The topological polar surface area (TPSA) is 80.3 Å². The minimum atomic E-state index is -1.14. The Bertz CT molecular complexity index is 249. The Morgan fingerprint density at radius 3 is 2.50 bits per heavy atom. The Hall–Kier alpha value is -1.06. The lowest BCUT2D eigenvalue weighted by molar-refractivity contribution is -0.325. The van der Waals surface area contributed by atoms with E-state index >= 15 is 0 Å². The molecule has 4 heteroatoms. The number of aliphatic carboxylic acids is 2. The maximum Gasteiger partial charge on any atom is 0.0476 e. The maximum atomic E-state index is 11.0. The van der Waals surface area contributed by atoms with E-state index in [0.717, 1.165) is 0 Å². The summed E-state index contributed by atoms with van der Waals surface area (Å²) in [4.78, 5) is 21.6. The molecule has 0 aromatic heterocycles. The Morgan fingerprint density at radius 1 is 1.43 bits per heavy atom. The highest BCUT2D eigenvalue weighted by atomic mass is 16.4. The first kappa shape index (κ1) is 11.0. The molecule has 0 amide bonds. The van der Waals surface area contributed by atoms with Gasteiger partial charge in [0.15, 0.2) is 0 Å². The Labute approximate surface area is 82.9 Å². The number of rotatable bonds is 3. The Balaban J connectivity index is 2.79. The first-order chi connectivity index (χ1) is 6.52. The highest BCUT2D eigenvalue weighted by Gasteiger charge is 2.36. The summed E-state index contributed by atoms with van der Waals surface area (Å²) >= 11 is 0. The third-order valence-electron chi connectivity index (χ3n) is 3.29. The number of carbonyl (C=O) groups is 2. The smallest absolute Gasteiger partial charge is 0.0476 e. The van der Waals surface area contributed by atoms with Crippen LogP contribution in [0.2, 0.25) is 0 Å². The van der Waals surface area contributed by atoms with Gasteiger partial charge in [-0.2, -0.15) is 0 Å². The fraction of sp³-hybridized carbons (Fsp3) is 0.800. The minimum Gasteiger partial charge on any atom is -0.550 e. The van der Waals surface area contributed by atoms with Crippen LogP contribution in [-0.4, -0.2) is 11.9 Å².